The van der Waals surface area contributed by atoms with Crippen molar-refractivity contribution in [3.05, 3.63) is 28.8 Å². The molecule has 0 spiro atoms. The van der Waals surface area contributed by atoms with E-state index in [1.54, 1.807) is 11.3 Å². The number of likely N-dealkylation sites (tertiary alicyclic amines) is 1. The SMILES string of the molecule is Cc1nc2cc([C@@]34CC3CN(CCCCl)C4)ccc2s1. The van der Waals surface area contributed by atoms with Crippen LogP contribution in [0.15, 0.2) is 18.2 Å². The summed E-state index contributed by atoms with van der Waals surface area (Å²) >= 11 is 7.60. The molecule has 1 aliphatic heterocycles. The second kappa shape index (κ2) is 4.69. The lowest BCUT2D eigenvalue weighted by molar-refractivity contribution is 0.299. The first-order valence-corrected chi connectivity index (χ1v) is 8.72. The van der Waals surface area contributed by atoms with Gasteiger partial charge >= 0.3 is 0 Å². The fourth-order valence-electron chi connectivity index (χ4n) is 3.84. The molecule has 0 bridgehead atoms. The maximum atomic E-state index is 5.81. The predicted octanol–water partition coefficient (Wildman–Crippen LogP) is 3.81. The number of nitrogens with zero attached hydrogens (tertiary/aromatic N) is 2. The van der Waals surface area contributed by atoms with Crippen molar-refractivity contribution < 1.29 is 0 Å². The van der Waals surface area contributed by atoms with Crippen molar-refractivity contribution in [1.82, 2.24) is 9.88 Å². The Morgan fingerprint density at radius 3 is 3.25 bits per heavy atom. The molecule has 0 radical (unpaired) electrons. The van der Waals surface area contributed by atoms with Gasteiger partial charge in [-0.25, -0.2) is 4.98 Å². The van der Waals surface area contributed by atoms with Gasteiger partial charge in [0.05, 0.1) is 15.2 Å². The summed E-state index contributed by atoms with van der Waals surface area (Å²) < 4.78 is 1.32. The van der Waals surface area contributed by atoms with Crippen LogP contribution in [0.5, 0.6) is 0 Å². The monoisotopic (exact) mass is 306 g/mol. The van der Waals surface area contributed by atoms with E-state index >= 15 is 0 Å². The molecule has 2 fully saturated rings. The summed E-state index contributed by atoms with van der Waals surface area (Å²) in [5, 5.41) is 1.16. The van der Waals surface area contributed by atoms with Gasteiger partial charge in [-0.15, -0.1) is 22.9 Å². The number of fused-ring (bicyclic) bond motifs is 2. The van der Waals surface area contributed by atoms with Crippen LogP contribution in [0.2, 0.25) is 0 Å². The Labute approximate surface area is 128 Å². The standard InChI is InChI=1S/C16H19ClN2S/c1-11-18-14-7-12(3-4-15(14)20-11)16-8-13(16)9-19(10-16)6-2-5-17/h3-4,7,13H,2,5-6,8-10H2,1H3/t13?,16-/m0/s1. The first-order chi connectivity index (χ1) is 9.71. The van der Waals surface area contributed by atoms with Crippen molar-refractivity contribution in [2.45, 2.75) is 25.2 Å². The Kier molecular flexibility index (Phi) is 3.06. The number of hydrogen-bond acceptors (Lipinski definition) is 3. The van der Waals surface area contributed by atoms with Gasteiger partial charge in [-0.05, 0) is 49.9 Å². The molecule has 1 aliphatic carbocycles. The van der Waals surface area contributed by atoms with E-state index in [2.05, 4.69) is 35.0 Å². The van der Waals surface area contributed by atoms with Crippen LogP contribution in [0.1, 0.15) is 23.4 Å². The largest absolute Gasteiger partial charge is 0.302 e. The smallest absolute Gasteiger partial charge is 0.0907 e. The van der Waals surface area contributed by atoms with Crippen molar-refractivity contribution >= 4 is 33.2 Å². The number of benzene rings is 1. The van der Waals surface area contributed by atoms with Gasteiger partial charge in [0.2, 0.25) is 0 Å². The number of thiazole rings is 1. The van der Waals surface area contributed by atoms with E-state index in [9.17, 15) is 0 Å². The fourth-order valence-corrected chi connectivity index (χ4v) is 4.77. The number of alkyl halides is 1. The lowest BCUT2D eigenvalue weighted by atomic mass is 9.95. The van der Waals surface area contributed by atoms with Crippen molar-refractivity contribution in [3.63, 3.8) is 0 Å². The molecule has 106 valence electrons. The molecule has 1 aromatic carbocycles. The highest BCUT2D eigenvalue weighted by Crippen LogP contribution is 2.59. The number of aromatic nitrogens is 1. The van der Waals surface area contributed by atoms with Crippen LogP contribution in [-0.2, 0) is 5.41 Å². The fraction of sp³-hybridized carbons (Fsp3) is 0.562. The van der Waals surface area contributed by atoms with Crippen molar-refractivity contribution in [3.8, 4) is 0 Å². The van der Waals surface area contributed by atoms with E-state index in [0.29, 0.717) is 5.41 Å². The van der Waals surface area contributed by atoms with Gasteiger partial charge in [-0.2, -0.15) is 0 Å². The third kappa shape index (κ3) is 1.99. The van der Waals surface area contributed by atoms with Crippen LogP contribution in [0, 0.1) is 12.8 Å². The zero-order chi connectivity index (χ0) is 13.7. The van der Waals surface area contributed by atoms with Crippen LogP contribution in [0.4, 0.5) is 0 Å². The van der Waals surface area contributed by atoms with Gasteiger partial charge in [0.25, 0.3) is 0 Å². The number of piperidine rings is 1. The summed E-state index contributed by atoms with van der Waals surface area (Å²) in [5.41, 5.74) is 3.12. The molecule has 2 heterocycles. The van der Waals surface area contributed by atoms with Crippen LogP contribution in [-0.4, -0.2) is 35.4 Å². The Hall–Kier alpha value is -0.640. The number of hydrogen-bond donors (Lipinski definition) is 0. The molecular weight excluding hydrogens is 288 g/mol. The Morgan fingerprint density at radius 2 is 2.40 bits per heavy atom. The Morgan fingerprint density at radius 1 is 1.50 bits per heavy atom. The topological polar surface area (TPSA) is 16.1 Å². The zero-order valence-electron chi connectivity index (χ0n) is 11.7. The average Bonchev–Trinajstić information content (AvgIpc) is 2.82. The molecular formula is C16H19ClN2S. The second-order valence-corrected chi connectivity index (χ2v) is 7.86. The Bertz CT molecular complexity index is 653. The van der Waals surface area contributed by atoms with Crippen LogP contribution in [0.3, 0.4) is 0 Å². The molecule has 1 saturated heterocycles. The number of aryl methyl sites for hydroxylation is 1. The highest BCUT2D eigenvalue weighted by molar-refractivity contribution is 7.18. The highest BCUT2D eigenvalue weighted by atomic mass is 35.5. The first kappa shape index (κ1) is 13.1. The van der Waals surface area contributed by atoms with Gasteiger partial charge in [0, 0.05) is 24.4 Å². The minimum absolute atomic E-state index is 0.429. The molecule has 1 saturated carbocycles. The van der Waals surface area contributed by atoms with Crippen molar-refractivity contribution in [2.24, 2.45) is 5.92 Å². The van der Waals surface area contributed by atoms with Crippen LogP contribution in [0.25, 0.3) is 10.2 Å². The molecule has 20 heavy (non-hydrogen) atoms. The molecule has 2 aliphatic rings. The molecule has 4 rings (SSSR count). The summed E-state index contributed by atoms with van der Waals surface area (Å²) in [5.74, 6) is 1.63. The maximum Gasteiger partial charge on any atom is 0.0907 e. The molecule has 0 amide bonds. The van der Waals surface area contributed by atoms with E-state index in [-0.39, 0.29) is 0 Å². The summed E-state index contributed by atoms with van der Waals surface area (Å²) in [6, 6.07) is 6.94. The summed E-state index contributed by atoms with van der Waals surface area (Å²) in [7, 11) is 0. The quantitative estimate of drug-likeness (QED) is 0.799. The maximum absolute atomic E-state index is 5.81. The Balaban J connectivity index is 1.60. The summed E-state index contributed by atoms with van der Waals surface area (Å²) in [6.07, 6.45) is 2.47. The number of rotatable bonds is 4. The van der Waals surface area contributed by atoms with Gasteiger partial charge in [-0.1, -0.05) is 6.07 Å². The molecule has 2 nitrogen and oxygen atoms in total. The molecule has 0 N–H and O–H groups in total. The van der Waals surface area contributed by atoms with E-state index in [1.165, 1.54) is 35.3 Å². The third-order valence-electron chi connectivity index (χ3n) is 4.89. The van der Waals surface area contributed by atoms with Crippen molar-refractivity contribution in [2.75, 3.05) is 25.5 Å². The summed E-state index contributed by atoms with van der Waals surface area (Å²) in [4.78, 5) is 7.24. The van der Waals surface area contributed by atoms with E-state index in [0.717, 1.165) is 29.8 Å². The van der Waals surface area contributed by atoms with E-state index < -0.39 is 0 Å². The van der Waals surface area contributed by atoms with Gasteiger partial charge in [0.15, 0.2) is 0 Å². The lowest BCUT2D eigenvalue weighted by Gasteiger charge is -2.20. The van der Waals surface area contributed by atoms with Gasteiger partial charge in [0.1, 0.15) is 0 Å². The average molecular weight is 307 g/mol. The molecule has 1 unspecified atom stereocenters. The predicted molar refractivity (Wildman–Crippen MR) is 85.9 cm³/mol. The summed E-state index contributed by atoms with van der Waals surface area (Å²) in [6.45, 7) is 5.71. The van der Waals surface area contributed by atoms with Gasteiger partial charge < -0.3 is 4.90 Å². The highest BCUT2D eigenvalue weighted by Gasteiger charge is 2.60. The van der Waals surface area contributed by atoms with Crippen molar-refractivity contribution in [1.29, 1.82) is 0 Å². The third-order valence-corrected chi connectivity index (χ3v) is 6.11. The van der Waals surface area contributed by atoms with Crippen LogP contribution < -0.4 is 0 Å². The second-order valence-electron chi connectivity index (χ2n) is 6.25. The van der Waals surface area contributed by atoms with Crippen LogP contribution >= 0.6 is 22.9 Å². The molecule has 2 aromatic rings. The number of halogens is 1. The van der Waals surface area contributed by atoms with E-state index in [4.69, 9.17) is 11.6 Å². The first-order valence-electron chi connectivity index (χ1n) is 7.37. The minimum atomic E-state index is 0.429. The minimum Gasteiger partial charge on any atom is -0.302 e. The van der Waals surface area contributed by atoms with Gasteiger partial charge in [-0.3, -0.25) is 0 Å². The molecule has 2 atom stereocenters. The lowest BCUT2D eigenvalue weighted by Crippen LogP contribution is -2.27. The zero-order valence-corrected chi connectivity index (χ0v) is 13.3. The normalized spacial score (nSPS) is 29.0. The van der Waals surface area contributed by atoms with E-state index in [1.807, 2.05) is 0 Å². The molecule has 4 heteroatoms. The molecule has 1 aromatic heterocycles.